The molecule has 1 aliphatic rings. The van der Waals surface area contributed by atoms with E-state index in [9.17, 15) is 4.79 Å². The van der Waals surface area contributed by atoms with Crippen molar-refractivity contribution >= 4 is 6.41 Å². The van der Waals surface area contributed by atoms with Crippen molar-refractivity contribution in [1.82, 2.24) is 10.9 Å². The van der Waals surface area contributed by atoms with Crippen LogP contribution in [0.1, 0.15) is 6.42 Å². The fraction of sp³-hybridized carbons (Fsp3) is 0.800. The number of carbonyl (C=O) groups is 1. The zero-order chi connectivity index (χ0) is 6.53. The van der Waals surface area contributed by atoms with Crippen molar-refractivity contribution in [3.05, 3.63) is 0 Å². The fourth-order valence-electron chi connectivity index (χ4n) is 0.800. The van der Waals surface area contributed by atoms with Crippen molar-refractivity contribution in [2.24, 2.45) is 0 Å². The summed E-state index contributed by atoms with van der Waals surface area (Å²) in [5.41, 5.74) is 5.17. The molecule has 0 aromatic rings. The Labute approximate surface area is 53.5 Å². The SMILES string of the molecule is O=CNNC1CCOC1. The van der Waals surface area contributed by atoms with Crippen LogP contribution in [0.5, 0.6) is 0 Å². The van der Waals surface area contributed by atoms with Crippen molar-refractivity contribution in [3.8, 4) is 0 Å². The first-order valence-corrected chi connectivity index (χ1v) is 2.96. The second-order valence-corrected chi connectivity index (χ2v) is 1.97. The van der Waals surface area contributed by atoms with E-state index >= 15 is 0 Å². The Balaban J connectivity index is 2.04. The topological polar surface area (TPSA) is 50.4 Å². The van der Waals surface area contributed by atoms with E-state index in [0.717, 1.165) is 13.0 Å². The minimum atomic E-state index is 0.301. The van der Waals surface area contributed by atoms with E-state index < -0.39 is 0 Å². The van der Waals surface area contributed by atoms with Gasteiger partial charge in [-0.3, -0.25) is 10.2 Å². The molecule has 4 heteroatoms. The quantitative estimate of drug-likeness (QED) is 0.381. The molecule has 0 bridgehead atoms. The summed E-state index contributed by atoms with van der Waals surface area (Å²) >= 11 is 0. The molecule has 0 saturated carbocycles. The van der Waals surface area contributed by atoms with Crippen LogP contribution in [0.2, 0.25) is 0 Å². The van der Waals surface area contributed by atoms with Gasteiger partial charge in [-0.2, -0.15) is 0 Å². The molecule has 0 aliphatic carbocycles. The van der Waals surface area contributed by atoms with Crippen LogP contribution in [-0.2, 0) is 9.53 Å². The summed E-state index contributed by atoms with van der Waals surface area (Å²) in [6.45, 7) is 1.49. The van der Waals surface area contributed by atoms with Gasteiger partial charge in [0.1, 0.15) is 0 Å². The van der Waals surface area contributed by atoms with Crippen molar-refractivity contribution in [2.75, 3.05) is 13.2 Å². The van der Waals surface area contributed by atoms with Crippen LogP contribution in [-0.4, -0.2) is 25.7 Å². The Bertz CT molecular complexity index is 91.0. The number of hydrazine groups is 1. The molecular weight excluding hydrogens is 120 g/mol. The van der Waals surface area contributed by atoms with E-state index in [1.807, 2.05) is 0 Å². The standard InChI is InChI=1S/C5H10N2O2/c8-4-6-7-5-1-2-9-3-5/h4-5,7H,1-3H2,(H,6,8). The first-order chi connectivity index (χ1) is 4.43. The number of nitrogens with one attached hydrogen (secondary N) is 2. The van der Waals surface area contributed by atoms with E-state index in [1.54, 1.807) is 0 Å². The summed E-state index contributed by atoms with van der Waals surface area (Å²) in [6.07, 6.45) is 1.60. The largest absolute Gasteiger partial charge is 0.380 e. The molecule has 0 radical (unpaired) electrons. The summed E-state index contributed by atoms with van der Waals surface area (Å²) < 4.78 is 5.04. The van der Waals surface area contributed by atoms with Gasteiger partial charge >= 0.3 is 0 Å². The van der Waals surface area contributed by atoms with Crippen molar-refractivity contribution in [3.63, 3.8) is 0 Å². The number of ether oxygens (including phenoxy) is 1. The molecule has 1 unspecified atom stereocenters. The van der Waals surface area contributed by atoms with E-state index in [2.05, 4.69) is 10.9 Å². The normalized spacial score (nSPS) is 26.0. The molecule has 4 nitrogen and oxygen atoms in total. The van der Waals surface area contributed by atoms with Gasteiger partial charge in [0.05, 0.1) is 12.6 Å². The van der Waals surface area contributed by atoms with E-state index in [4.69, 9.17) is 4.74 Å². The third-order valence-corrected chi connectivity index (χ3v) is 1.28. The third kappa shape index (κ3) is 1.99. The zero-order valence-electron chi connectivity index (χ0n) is 5.09. The van der Waals surface area contributed by atoms with Gasteiger partial charge < -0.3 is 4.74 Å². The lowest BCUT2D eigenvalue weighted by Crippen LogP contribution is -2.40. The lowest BCUT2D eigenvalue weighted by Gasteiger charge is -2.06. The molecule has 1 saturated heterocycles. The Morgan fingerprint density at radius 3 is 3.11 bits per heavy atom. The van der Waals surface area contributed by atoms with Crippen LogP contribution in [0.15, 0.2) is 0 Å². The summed E-state index contributed by atoms with van der Waals surface area (Å²) in [7, 11) is 0. The monoisotopic (exact) mass is 130 g/mol. The highest BCUT2D eigenvalue weighted by Gasteiger charge is 2.13. The van der Waals surface area contributed by atoms with E-state index in [-0.39, 0.29) is 0 Å². The average Bonchev–Trinajstić information content (AvgIpc) is 2.34. The third-order valence-electron chi connectivity index (χ3n) is 1.28. The van der Waals surface area contributed by atoms with Crippen molar-refractivity contribution in [2.45, 2.75) is 12.5 Å². The van der Waals surface area contributed by atoms with Gasteiger partial charge in [0, 0.05) is 6.61 Å². The van der Waals surface area contributed by atoms with Gasteiger partial charge in [-0.15, -0.1) is 0 Å². The lowest BCUT2D eigenvalue weighted by atomic mass is 10.3. The Kier molecular flexibility index (Phi) is 2.48. The van der Waals surface area contributed by atoms with Gasteiger partial charge in [-0.25, -0.2) is 5.43 Å². The Morgan fingerprint density at radius 1 is 1.67 bits per heavy atom. The van der Waals surface area contributed by atoms with Crippen molar-refractivity contribution in [1.29, 1.82) is 0 Å². The van der Waals surface area contributed by atoms with Crippen LogP contribution in [0.25, 0.3) is 0 Å². The summed E-state index contributed by atoms with van der Waals surface area (Å²) in [6, 6.07) is 0.301. The van der Waals surface area contributed by atoms with Crippen LogP contribution in [0, 0.1) is 0 Å². The molecular formula is C5H10N2O2. The molecule has 1 fully saturated rings. The molecule has 9 heavy (non-hydrogen) atoms. The smallest absolute Gasteiger partial charge is 0.221 e. The second kappa shape index (κ2) is 3.42. The highest BCUT2D eigenvalue weighted by molar-refractivity contribution is 5.44. The Morgan fingerprint density at radius 2 is 2.56 bits per heavy atom. The van der Waals surface area contributed by atoms with Crippen LogP contribution >= 0.6 is 0 Å². The molecule has 1 aliphatic heterocycles. The maximum Gasteiger partial charge on any atom is 0.221 e. The van der Waals surface area contributed by atoms with Crippen LogP contribution in [0.3, 0.4) is 0 Å². The number of hydrogen-bond donors (Lipinski definition) is 2. The molecule has 1 heterocycles. The number of hydrogen-bond acceptors (Lipinski definition) is 3. The minimum Gasteiger partial charge on any atom is -0.380 e. The van der Waals surface area contributed by atoms with Crippen LogP contribution < -0.4 is 10.9 Å². The van der Waals surface area contributed by atoms with Gasteiger partial charge in [0.25, 0.3) is 0 Å². The second-order valence-electron chi connectivity index (χ2n) is 1.97. The summed E-state index contributed by atoms with van der Waals surface area (Å²) in [5, 5.41) is 0. The number of carbonyl (C=O) groups excluding carboxylic acids is 1. The molecule has 0 spiro atoms. The van der Waals surface area contributed by atoms with E-state index in [1.165, 1.54) is 0 Å². The lowest BCUT2D eigenvalue weighted by molar-refractivity contribution is -0.110. The maximum absolute atomic E-state index is 9.75. The zero-order valence-corrected chi connectivity index (χ0v) is 5.09. The highest BCUT2D eigenvalue weighted by atomic mass is 16.5. The van der Waals surface area contributed by atoms with Gasteiger partial charge in [-0.1, -0.05) is 0 Å². The van der Waals surface area contributed by atoms with Crippen LogP contribution in [0.4, 0.5) is 0 Å². The molecule has 1 amide bonds. The fourth-order valence-corrected chi connectivity index (χ4v) is 0.800. The summed E-state index contributed by atoms with van der Waals surface area (Å²) in [5.74, 6) is 0. The predicted octanol–water partition coefficient (Wildman–Crippen LogP) is -0.974. The average molecular weight is 130 g/mol. The maximum atomic E-state index is 9.75. The Hall–Kier alpha value is -0.610. The van der Waals surface area contributed by atoms with Gasteiger partial charge in [0.2, 0.25) is 6.41 Å². The molecule has 52 valence electrons. The van der Waals surface area contributed by atoms with E-state index in [0.29, 0.717) is 19.1 Å². The minimum absolute atomic E-state index is 0.301. The van der Waals surface area contributed by atoms with Crippen molar-refractivity contribution < 1.29 is 9.53 Å². The van der Waals surface area contributed by atoms with Gasteiger partial charge in [0.15, 0.2) is 0 Å². The molecule has 1 atom stereocenters. The highest BCUT2D eigenvalue weighted by Crippen LogP contribution is 2.00. The number of rotatable bonds is 3. The molecule has 0 aromatic heterocycles. The predicted molar refractivity (Wildman–Crippen MR) is 31.6 cm³/mol. The summed E-state index contributed by atoms with van der Waals surface area (Å²) in [4.78, 5) is 9.75. The van der Waals surface area contributed by atoms with Gasteiger partial charge in [-0.05, 0) is 6.42 Å². The molecule has 2 N–H and O–H groups in total. The number of amides is 1. The molecule has 0 aromatic carbocycles. The first kappa shape index (κ1) is 6.51. The molecule has 1 rings (SSSR count). The first-order valence-electron chi connectivity index (χ1n) is 2.96.